The van der Waals surface area contributed by atoms with Crippen molar-refractivity contribution in [3.8, 4) is 11.8 Å². The fourth-order valence-corrected chi connectivity index (χ4v) is 7.86. The van der Waals surface area contributed by atoms with Gasteiger partial charge in [0.25, 0.3) is 0 Å². The van der Waals surface area contributed by atoms with Crippen LogP contribution in [0.5, 0.6) is 0 Å². The summed E-state index contributed by atoms with van der Waals surface area (Å²) >= 11 is 0. The lowest BCUT2D eigenvalue weighted by Gasteiger charge is -2.53. The molecule has 2 saturated carbocycles. The van der Waals surface area contributed by atoms with Crippen LogP contribution < -0.4 is 4.90 Å². The van der Waals surface area contributed by atoms with E-state index in [4.69, 9.17) is 0 Å². The highest BCUT2D eigenvalue weighted by Crippen LogP contribution is 2.66. The van der Waals surface area contributed by atoms with Crippen molar-refractivity contribution in [3.63, 3.8) is 0 Å². The van der Waals surface area contributed by atoms with Gasteiger partial charge in [0, 0.05) is 43.0 Å². The first-order valence-electron chi connectivity index (χ1n) is 13.8. The second-order valence-corrected chi connectivity index (χ2v) is 13.3. The summed E-state index contributed by atoms with van der Waals surface area (Å²) in [6.45, 7) is 10.9. The molecule has 192 valence electrons. The molecule has 0 amide bonds. The Kier molecular flexibility index (Phi) is 6.07. The smallest absolute Gasteiger partial charge is 0.156 e. The number of carbonyl (C=O) groups excluding carboxylic acids is 1. The van der Waals surface area contributed by atoms with E-state index in [9.17, 15) is 9.90 Å². The molecule has 4 aliphatic carbocycles. The first kappa shape index (κ1) is 25.3. The van der Waals surface area contributed by atoms with Crippen LogP contribution in [0.25, 0.3) is 0 Å². The predicted molar refractivity (Wildman–Crippen MR) is 148 cm³/mol. The number of allylic oxidation sites excluding steroid dienone is 4. The van der Waals surface area contributed by atoms with Gasteiger partial charge in [-0.15, -0.1) is 0 Å². The number of benzene rings is 1. The summed E-state index contributed by atoms with van der Waals surface area (Å²) in [6, 6.07) is 6.93. The molecule has 0 aromatic heterocycles. The molecule has 5 atom stereocenters. The van der Waals surface area contributed by atoms with E-state index in [1.54, 1.807) is 5.57 Å². The van der Waals surface area contributed by atoms with Crippen LogP contribution in [0.3, 0.4) is 0 Å². The van der Waals surface area contributed by atoms with E-state index >= 15 is 0 Å². The van der Waals surface area contributed by atoms with E-state index in [0.717, 1.165) is 38.5 Å². The number of hydrogen-bond donors (Lipinski definition) is 1. The summed E-state index contributed by atoms with van der Waals surface area (Å²) in [7, 11) is 4.19. The van der Waals surface area contributed by atoms with Crippen LogP contribution in [-0.4, -0.2) is 30.6 Å². The van der Waals surface area contributed by atoms with Crippen molar-refractivity contribution < 1.29 is 9.90 Å². The minimum absolute atomic E-state index is 0.135. The van der Waals surface area contributed by atoms with E-state index in [-0.39, 0.29) is 22.5 Å². The van der Waals surface area contributed by atoms with Crippen LogP contribution in [0.15, 0.2) is 41.0 Å². The minimum atomic E-state index is -0.962. The van der Waals surface area contributed by atoms with Crippen LogP contribution >= 0.6 is 0 Å². The molecule has 5 rings (SSSR count). The minimum Gasteiger partial charge on any atom is -0.377 e. The number of aliphatic hydroxyl groups is 1. The average molecular weight is 486 g/mol. The standard InChI is InChI=1S/C33H43NO2/c1-21-18-22(9-13-29(21)34(6)7)27-20-32(5)28(14-15-33(32,36)17-16-31(2,3)4)26-11-8-23-19-24(35)10-12-25(23)30(26)27/h9,13,18-19,26-28,36H,8,10-12,14-15,20H2,1-7H3/t26-,27+,28?,32-,33+/m0/s1. The largest absolute Gasteiger partial charge is 0.377 e. The van der Waals surface area contributed by atoms with Gasteiger partial charge >= 0.3 is 0 Å². The SMILES string of the molecule is Cc1cc([C@H]2C[C@@]3(C)C(CC[C@@]3(O)C#CC(C)(C)C)[C@@H]3CCC4=CC(=O)CCC4=C32)ccc1N(C)C. The maximum Gasteiger partial charge on any atom is 0.156 e. The third-order valence-electron chi connectivity index (χ3n) is 9.64. The van der Waals surface area contributed by atoms with Crippen molar-refractivity contribution in [2.75, 3.05) is 19.0 Å². The topological polar surface area (TPSA) is 40.5 Å². The summed E-state index contributed by atoms with van der Waals surface area (Å²) in [5.74, 6) is 8.24. The Balaban J connectivity index is 1.67. The molecule has 3 heteroatoms. The zero-order valence-corrected chi connectivity index (χ0v) is 23.3. The maximum absolute atomic E-state index is 12.3. The van der Waals surface area contributed by atoms with Crippen molar-refractivity contribution in [2.24, 2.45) is 22.7 Å². The lowest BCUT2D eigenvalue weighted by Crippen LogP contribution is -2.51. The summed E-state index contributed by atoms with van der Waals surface area (Å²) in [6.07, 6.45) is 8.19. The van der Waals surface area contributed by atoms with Crippen molar-refractivity contribution in [2.45, 2.75) is 91.1 Å². The molecular formula is C33H43NO2. The number of ketones is 1. The average Bonchev–Trinajstić information content (AvgIpc) is 3.07. The highest BCUT2D eigenvalue weighted by atomic mass is 16.3. The van der Waals surface area contributed by atoms with Gasteiger partial charge in [-0.05, 0) is 112 Å². The van der Waals surface area contributed by atoms with E-state index in [1.807, 2.05) is 6.08 Å². The molecule has 1 aromatic rings. The van der Waals surface area contributed by atoms with Crippen LogP contribution in [0.2, 0.25) is 0 Å². The van der Waals surface area contributed by atoms with Gasteiger partial charge in [-0.3, -0.25) is 4.79 Å². The second-order valence-electron chi connectivity index (χ2n) is 13.3. The van der Waals surface area contributed by atoms with E-state index < -0.39 is 5.60 Å². The highest BCUT2D eigenvalue weighted by Gasteiger charge is 2.62. The number of carbonyl (C=O) groups is 1. The highest BCUT2D eigenvalue weighted by molar-refractivity contribution is 5.93. The Morgan fingerprint density at radius 3 is 2.53 bits per heavy atom. The Labute approximate surface area is 218 Å². The van der Waals surface area contributed by atoms with Crippen LogP contribution in [0.4, 0.5) is 5.69 Å². The molecule has 0 radical (unpaired) electrons. The Bertz CT molecular complexity index is 1220. The molecule has 0 heterocycles. The number of anilines is 1. The molecular weight excluding hydrogens is 442 g/mol. The van der Waals surface area contributed by atoms with Gasteiger partial charge < -0.3 is 10.0 Å². The fraction of sp³-hybridized carbons (Fsp3) is 0.606. The molecule has 4 aliphatic rings. The number of nitrogens with zero attached hydrogens (tertiary/aromatic N) is 1. The Hall–Kier alpha value is -2.31. The monoisotopic (exact) mass is 485 g/mol. The number of rotatable bonds is 2. The summed E-state index contributed by atoms with van der Waals surface area (Å²) in [4.78, 5) is 14.5. The number of aryl methyl sites for hydroxylation is 1. The summed E-state index contributed by atoms with van der Waals surface area (Å²) < 4.78 is 0. The van der Waals surface area contributed by atoms with Crippen LogP contribution in [0, 0.1) is 41.4 Å². The maximum atomic E-state index is 12.3. The molecule has 1 N–H and O–H groups in total. The summed E-state index contributed by atoms with van der Waals surface area (Å²) in [5.41, 5.74) is 6.84. The number of fused-ring (bicyclic) bond motifs is 4. The molecule has 36 heavy (non-hydrogen) atoms. The van der Waals surface area contributed by atoms with Crippen LogP contribution in [-0.2, 0) is 4.79 Å². The van der Waals surface area contributed by atoms with Crippen LogP contribution in [0.1, 0.15) is 89.7 Å². The van der Waals surface area contributed by atoms with Gasteiger partial charge in [0.15, 0.2) is 5.78 Å². The fourth-order valence-electron chi connectivity index (χ4n) is 7.86. The van der Waals surface area contributed by atoms with Crippen molar-refractivity contribution in [3.05, 3.63) is 52.1 Å². The van der Waals surface area contributed by atoms with Crippen molar-refractivity contribution >= 4 is 11.5 Å². The summed E-state index contributed by atoms with van der Waals surface area (Å²) in [5, 5.41) is 12.2. The zero-order chi connectivity index (χ0) is 26.0. The molecule has 1 unspecified atom stereocenters. The zero-order valence-electron chi connectivity index (χ0n) is 23.3. The lowest BCUT2D eigenvalue weighted by atomic mass is 9.51. The molecule has 0 saturated heterocycles. The quantitative estimate of drug-likeness (QED) is 0.472. The molecule has 3 nitrogen and oxygen atoms in total. The second kappa shape index (κ2) is 8.63. The van der Waals surface area contributed by atoms with E-state index in [2.05, 4.69) is 83.7 Å². The molecule has 0 spiro atoms. The predicted octanol–water partition coefficient (Wildman–Crippen LogP) is 6.74. The Morgan fingerprint density at radius 1 is 1.11 bits per heavy atom. The van der Waals surface area contributed by atoms with E-state index in [1.165, 1.54) is 28.0 Å². The molecule has 2 fully saturated rings. The third-order valence-corrected chi connectivity index (χ3v) is 9.64. The lowest BCUT2D eigenvalue weighted by molar-refractivity contribution is -0.114. The van der Waals surface area contributed by atoms with Gasteiger partial charge in [0.05, 0.1) is 0 Å². The Morgan fingerprint density at radius 2 is 1.86 bits per heavy atom. The van der Waals surface area contributed by atoms with Gasteiger partial charge in [-0.25, -0.2) is 0 Å². The van der Waals surface area contributed by atoms with Crippen molar-refractivity contribution in [1.29, 1.82) is 0 Å². The van der Waals surface area contributed by atoms with Gasteiger partial charge in [-0.2, -0.15) is 0 Å². The molecule has 1 aromatic carbocycles. The first-order valence-corrected chi connectivity index (χ1v) is 13.8. The van der Waals surface area contributed by atoms with Crippen molar-refractivity contribution in [1.82, 2.24) is 0 Å². The normalized spacial score (nSPS) is 33.7. The number of hydrogen-bond acceptors (Lipinski definition) is 3. The van der Waals surface area contributed by atoms with Gasteiger partial charge in [0.2, 0.25) is 0 Å². The molecule has 0 aliphatic heterocycles. The first-order chi connectivity index (χ1) is 16.8. The van der Waals surface area contributed by atoms with Gasteiger partial charge in [-0.1, -0.05) is 36.5 Å². The van der Waals surface area contributed by atoms with E-state index in [0.29, 0.717) is 18.3 Å². The van der Waals surface area contributed by atoms with Gasteiger partial charge in [0.1, 0.15) is 5.60 Å². The molecule has 0 bridgehead atoms. The third kappa shape index (κ3) is 4.06.